The van der Waals surface area contributed by atoms with Gasteiger partial charge >= 0.3 is 0 Å². The molecule has 1 aliphatic rings. The van der Waals surface area contributed by atoms with E-state index in [4.69, 9.17) is 0 Å². The van der Waals surface area contributed by atoms with Gasteiger partial charge in [0.25, 0.3) is 0 Å². The standard InChI is InChI=1S/C18H20O2/c1-10-11(2)16(18(20)17(19)12(10)3)15-9-8-13-6-4-5-7-14(13)15/h4-7,15,19-20H,8-9H2,1-3H3. The van der Waals surface area contributed by atoms with Gasteiger partial charge < -0.3 is 10.2 Å². The van der Waals surface area contributed by atoms with Crippen LogP contribution in [0.2, 0.25) is 0 Å². The monoisotopic (exact) mass is 268 g/mol. The van der Waals surface area contributed by atoms with Gasteiger partial charge in [-0.3, -0.25) is 0 Å². The molecule has 0 fully saturated rings. The molecule has 2 aromatic rings. The smallest absolute Gasteiger partial charge is 0.161 e. The van der Waals surface area contributed by atoms with Crippen molar-refractivity contribution in [2.45, 2.75) is 39.5 Å². The van der Waals surface area contributed by atoms with Crippen LogP contribution in [0.1, 0.15) is 45.7 Å². The minimum absolute atomic E-state index is 0.0347. The predicted molar refractivity (Wildman–Crippen MR) is 80.6 cm³/mol. The van der Waals surface area contributed by atoms with Crippen LogP contribution in [-0.4, -0.2) is 10.2 Å². The minimum atomic E-state index is 0.0347. The molecule has 104 valence electrons. The van der Waals surface area contributed by atoms with Gasteiger partial charge in [0.15, 0.2) is 11.5 Å². The van der Waals surface area contributed by atoms with E-state index in [0.29, 0.717) is 0 Å². The van der Waals surface area contributed by atoms with Crippen molar-refractivity contribution in [2.24, 2.45) is 0 Å². The number of aromatic hydroxyl groups is 2. The molecular weight excluding hydrogens is 248 g/mol. The van der Waals surface area contributed by atoms with Gasteiger partial charge in [-0.2, -0.15) is 0 Å². The van der Waals surface area contributed by atoms with Crippen molar-refractivity contribution in [3.8, 4) is 11.5 Å². The summed E-state index contributed by atoms with van der Waals surface area (Å²) in [5.41, 5.74) is 6.48. The van der Waals surface area contributed by atoms with Crippen molar-refractivity contribution >= 4 is 0 Å². The van der Waals surface area contributed by atoms with Crippen LogP contribution < -0.4 is 0 Å². The third kappa shape index (κ3) is 1.71. The fraction of sp³-hybridized carbons (Fsp3) is 0.333. The molecule has 0 heterocycles. The average Bonchev–Trinajstić information content (AvgIpc) is 2.87. The van der Waals surface area contributed by atoms with Crippen LogP contribution in [0.5, 0.6) is 11.5 Å². The van der Waals surface area contributed by atoms with Crippen molar-refractivity contribution in [2.75, 3.05) is 0 Å². The molecular formula is C18H20O2. The second-order valence-corrected chi connectivity index (χ2v) is 5.78. The van der Waals surface area contributed by atoms with Crippen molar-refractivity contribution < 1.29 is 10.2 Å². The highest BCUT2D eigenvalue weighted by Gasteiger charge is 2.29. The summed E-state index contributed by atoms with van der Waals surface area (Å²) in [4.78, 5) is 0. The summed E-state index contributed by atoms with van der Waals surface area (Å²) in [6, 6.07) is 8.40. The van der Waals surface area contributed by atoms with Crippen LogP contribution in [0.4, 0.5) is 0 Å². The fourth-order valence-electron chi connectivity index (χ4n) is 3.43. The average molecular weight is 268 g/mol. The number of hydrogen-bond acceptors (Lipinski definition) is 2. The summed E-state index contributed by atoms with van der Waals surface area (Å²) in [6.07, 6.45) is 2.03. The first-order valence-electron chi connectivity index (χ1n) is 7.11. The highest BCUT2D eigenvalue weighted by molar-refractivity contribution is 5.61. The van der Waals surface area contributed by atoms with E-state index < -0.39 is 0 Å². The lowest BCUT2D eigenvalue weighted by Crippen LogP contribution is -2.03. The molecule has 20 heavy (non-hydrogen) atoms. The summed E-state index contributed by atoms with van der Waals surface area (Å²) in [5, 5.41) is 20.6. The Kier molecular flexibility index (Phi) is 2.97. The van der Waals surface area contributed by atoms with E-state index in [-0.39, 0.29) is 17.4 Å². The summed E-state index contributed by atoms with van der Waals surface area (Å²) in [6.45, 7) is 5.90. The summed E-state index contributed by atoms with van der Waals surface area (Å²) in [5.74, 6) is 0.288. The molecule has 2 nitrogen and oxygen atoms in total. The lowest BCUT2D eigenvalue weighted by Gasteiger charge is -2.21. The largest absolute Gasteiger partial charge is 0.504 e. The first kappa shape index (κ1) is 13.0. The first-order valence-corrected chi connectivity index (χ1v) is 7.11. The van der Waals surface area contributed by atoms with Gasteiger partial charge in [-0.05, 0) is 61.4 Å². The van der Waals surface area contributed by atoms with Gasteiger partial charge in [0, 0.05) is 11.5 Å². The van der Waals surface area contributed by atoms with Gasteiger partial charge in [0.2, 0.25) is 0 Å². The zero-order valence-electron chi connectivity index (χ0n) is 12.2. The number of phenols is 2. The van der Waals surface area contributed by atoms with E-state index in [0.717, 1.165) is 35.1 Å². The fourth-order valence-corrected chi connectivity index (χ4v) is 3.43. The van der Waals surface area contributed by atoms with E-state index in [1.807, 2.05) is 26.8 Å². The zero-order valence-corrected chi connectivity index (χ0v) is 12.2. The quantitative estimate of drug-likeness (QED) is 0.764. The number of aryl methyl sites for hydroxylation is 1. The normalized spacial score (nSPS) is 17.2. The third-order valence-electron chi connectivity index (χ3n) is 4.84. The Labute approximate surface area is 119 Å². The zero-order chi connectivity index (χ0) is 14.4. The molecule has 2 aromatic carbocycles. The Morgan fingerprint density at radius 1 is 0.900 bits per heavy atom. The van der Waals surface area contributed by atoms with Gasteiger partial charge in [-0.1, -0.05) is 24.3 Å². The molecule has 2 N–H and O–H groups in total. The molecule has 0 aliphatic heterocycles. The lowest BCUT2D eigenvalue weighted by molar-refractivity contribution is 0.393. The maximum Gasteiger partial charge on any atom is 0.161 e. The lowest BCUT2D eigenvalue weighted by atomic mass is 9.85. The maximum atomic E-state index is 10.4. The first-order chi connectivity index (χ1) is 9.52. The Balaban J connectivity index is 2.23. The summed E-state index contributed by atoms with van der Waals surface area (Å²) < 4.78 is 0. The van der Waals surface area contributed by atoms with E-state index in [2.05, 4.69) is 18.2 Å². The van der Waals surface area contributed by atoms with Crippen LogP contribution in [-0.2, 0) is 6.42 Å². The van der Waals surface area contributed by atoms with Crippen molar-refractivity contribution in [1.82, 2.24) is 0 Å². The molecule has 2 heteroatoms. The van der Waals surface area contributed by atoms with E-state index >= 15 is 0 Å². The van der Waals surface area contributed by atoms with Crippen molar-refractivity contribution in [3.05, 3.63) is 57.6 Å². The molecule has 1 aliphatic carbocycles. The van der Waals surface area contributed by atoms with E-state index in [1.165, 1.54) is 11.1 Å². The van der Waals surface area contributed by atoms with Gasteiger partial charge in [0.1, 0.15) is 0 Å². The highest BCUT2D eigenvalue weighted by atomic mass is 16.3. The molecule has 0 saturated heterocycles. The van der Waals surface area contributed by atoms with E-state index in [9.17, 15) is 10.2 Å². The maximum absolute atomic E-state index is 10.4. The van der Waals surface area contributed by atoms with Gasteiger partial charge in [0.05, 0.1) is 0 Å². The second kappa shape index (κ2) is 4.55. The van der Waals surface area contributed by atoms with E-state index in [1.54, 1.807) is 0 Å². The topological polar surface area (TPSA) is 40.5 Å². The Bertz CT molecular complexity index is 657. The molecule has 0 radical (unpaired) electrons. The molecule has 0 amide bonds. The Morgan fingerprint density at radius 3 is 2.35 bits per heavy atom. The molecule has 3 rings (SSSR count). The van der Waals surface area contributed by atoms with Gasteiger partial charge in [-0.15, -0.1) is 0 Å². The van der Waals surface area contributed by atoms with Crippen molar-refractivity contribution in [1.29, 1.82) is 0 Å². The molecule has 0 aromatic heterocycles. The Morgan fingerprint density at radius 2 is 1.60 bits per heavy atom. The number of hydrogen-bond donors (Lipinski definition) is 2. The SMILES string of the molecule is Cc1c(C)c(O)c(O)c(C2CCc3ccccc32)c1C. The van der Waals surface area contributed by atoms with Crippen LogP contribution in [0.15, 0.2) is 24.3 Å². The van der Waals surface area contributed by atoms with Crippen LogP contribution in [0, 0.1) is 20.8 Å². The molecule has 1 unspecified atom stereocenters. The van der Waals surface area contributed by atoms with Crippen LogP contribution >= 0.6 is 0 Å². The van der Waals surface area contributed by atoms with Crippen LogP contribution in [0.3, 0.4) is 0 Å². The second-order valence-electron chi connectivity index (χ2n) is 5.78. The minimum Gasteiger partial charge on any atom is -0.504 e. The molecule has 0 spiro atoms. The van der Waals surface area contributed by atoms with Gasteiger partial charge in [-0.25, -0.2) is 0 Å². The number of benzene rings is 2. The highest BCUT2D eigenvalue weighted by Crippen LogP contribution is 2.47. The summed E-state index contributed by atoms with van der Waals surface area (Å²) >= 11 is 0. The summed E-state index contributed by atoms with van der Waals surface area (Å²) in [7, 11) is 0. The molecule has 0 saturated carbocycles. The van der Waals surface area contributed by atoms with Crippen LogP contribution in [0.25, 0.3) is 0 Å². The van der Waals surface area contributed by atoms with Crippen molar-refractivity contribution in [3.63, 3.8) is 0 Å². The third-order valence-corrected chi connectivity index (χ3v) is 4.84. The molecule has 1 atom stereocenters. The predicted octanol–water partition coefficient (Wildman–Crippen LogP) is 4.10. The molecule has 0 bridgehead atoms. The number of rotatable bonds is 1. The number of phenolic OH excluding ortho intramolecular Hbond substituents is 2. The Hall–Kier alpha value is -1.96. The number of fused-ring (bicyclic) bond motifs is 1.